The molecule has 0 aliphatic carbocycles. The van der Waals surface area contributed by atoms with Gasteiger partial charge in [0.05, 0.1) is 38.4 Å². The van der Waals surface area contributed by atoms with E-state index in [1.165, 1.54) is 13.2 Å². The minimum Gasteiger partial charge on any atom is -0.494 e. The molecule has 2 N–H and O–H groups in total. The van der Waals surface area contributed by atoms with E-state index in [-0.39, 0.29) is 17.7 Å². The third kappa shape index (κ3) is 6.15. The molecule has 0 atom stereocenters. The lowest BCUT2D eigenvalue weighted by molar-refractivity contribution is 0.122. The van der Waals surface area contributed by atoms with Crippen molar-refractivity contribution in [3.05, 3.63) is 54.5 Å². The number of halogens is 2. The summed E-state index contributed by atoms with van der Waals surface area (Å²) in [4.78, 5) is 16.2. The van der Waals surface area contributed by atoms with Crippen molar-refractivity contribution in [2.24, 2.45) is 0 Å². The summed E-state index contributed by atoms with van der Waals surface area (Å²) in [6.45, 7) is 1.46. The van der Waals surface area contributed by atoms with Gasteiger partial charge in [-0.15, -0.1) is 0 Å². The Bertz CT molecular complexity index is 1650. The van der Waals surface area contributed by atoms with Gasteiger partial charge >= 0.3 is 0 Å². The van der Waals surface area contributed by atoms with Crippen LogP contribution in [0.15, 0.2) is 48.7 Å². The molecule has 3 heterocycles. The second-order valence-electron chi connectivity index (χ2n) is 9.36. The van der Waals surface area contributed by atoms with Crippen LogP contribution in [0.25, 0.3) is 33.4 Å². The first-order chi connectivity index (χ1) is 19.8. The van der Waals surface area contributed by atoms with E-state index in [2.05, 4.69) is 19.9 Å². The smallest absolute Gasteiger partial charge is 0.232 e. The Hall–Kier alpha value is -4.10. The standard InChI is InChI=1S/C28H30F2N6O4S/c1-31-24-8-7-18(17-32-24)27-33-26-21(28(34-27)36-10-12-40-13-11-36)15-19(16-23(26)39-2)20-5-3-6-22(25(20)30)35-41(37,38)14-4-9-29/h3,5-8,15-17,35H,4,9-14H2,1-2H3,(H,31,32). The van der Waals surface area contributed by atoms with E-state index < -0.39 is 28.3 Å². The number of morpholine rings is 1. The fourth-order valence-electron chi connectivity index (χ4n) is 4.61. The summed E-state index contributed by atoms with van der Waals surface area (Å²) in [6, 6.07) is 11.6. The fraction of sp³-hybridized carbons (Fsp3) is 0.321. The molecule has 10 nitrogen and oxygen atoms in total. The summed E-state index contributed by atoms with van der Waals surface area (Å²) in [7, 11) is -0.636. The van der Waals surface area contributed by atoms with Crippen LogP contribution in [0.5, 0.6) is 5.75 Å². The topological polar surface area (TPSA) is 119 Å². The second kappa shape index (κ2) is 12.2. The van der Waals surface area contributed by atoms with E-state index in [0.717, 1.165) is 0 Å². The van der Waals surface area contributed by atoms with Crippen LogP contribution < -0.4 is 19.7 Å². The molecule has 216 valence electrons. The van der Waals surface area contributed by atoms with Crippen LogP contribution in [0, 0.1) is 5.82 Å². The lowest BCUT2D eigenvalue weighted by Gasteiger charge is -2.29. The van der Waals surface area contributed by atoms with Gasteiger partial charge in [0.15, 0.2) is 11.6 Å². The minimum absolute atomic E-state index is 0.153. The second-order valence-corrected chi connectivity index (χ2v) is 11.2. The molecule has 1 aliphatic heterocycles. The number of nitrogens with one attached hydrogen (secondary N) is 2. The van der Waals surface area contributed by atoms with Gasteiger partial charge in [-0.2, -0.15) is 0 Å². The lowest BCUT2D eigenvalue weighted by atomic mass is 10.0. The maximum atomic E-state index is 15.7. The molecular weight excluding hydrogens is 554 g/mol. The van der Waals surface area contributed by atoms with Gasteiger partial charge in [-0.05, 0) is 42.3 Å². The average Bonchev–Trinajstić information content (AvgIpc) is 3.00. The highest BCUT2D eigenvalue weighted by molar-refractivity contribution is 7.92. The van der Waals surface area contributed by atoms with Crippen LogP contribution in [0.4, 0.5) is 26.1 Å². The van der Waals surface area contributed by atoms with Crippen LogP contribution in [0.3, 0.4) is 0 Å². The highest BCUT2D eigenvalue weighted by atomic mass is 32.2. The molecule has 0 radical (unpaired) electrons. The molecule has 0 spiro atoms. The normalized spacial score (nSPS) is 13.8. The predicted octanol–water partition coefficient (Wildman–Crippen LogP) is 4.49. The van der Waals surface area contributed by atoms with E-state index in [9.17, 15) is 12.8 Å². The number of ether oxygens (including phenoxy) is 2. The number of hydrogen-bond donors (Lipinski definition) is 2. The van der Waals surface area contributed by atoms with Gasteiger partial charge in [-0.25, -0.2) is 27.8 Å². The van der Waals surface area contributed by atoms with Crippen LogP contribution >= 0.6 is 0 Å². The molecule has 1 aliphatic rings. The Kier molecular flexibility index (Phi) is 8.45. The number of nitrogens with zero attached hydrogens (tertiary/aromatic N) is 4. The summed E-state index contributed by atoms with van der Waals surface area (Å²) >= 11 is 0. The lowest BCUT2D eigenvalue weighted by Crippen LogP contribution is -2.37. The van der Waals surface area contributed by atoms with Gasteiger partial charge in [0.25, 0.3) is 0 Å². The van der Waals surface area contributed by atoms with Crippen molar-refractivity contribution < 1.29 is 26.7 Å². The third-order valence-corrected chi connectivity index (χ3v) is 8.03. The number of benzene rings is 2. The van der Waals surface area contributed by atoms with Crippen LogP contribution in [0.1, 0.15) is 6.42 Å². The van der Waals surface area contributed by atoms with Gasteiger partial charge < -0.3 is 19.7 Å². The van der Waals surface area contributed by atoms with E-state index >= 15 is 4.39 Å². The number of aromatic nitrogens is 3. The molecule has 0 unspecified atom stereocenters. The first-order valence-electron chi connectivity index (χ1n) is 13.1. The van der Waals surface area contributed by atoms with Crippen molar-refractivity contribution in [1.82, 2.24) is 15.0 Å². The zero-order valence-corrected chi connectivity index (χ0v) is 23.5. The summed E-state index contributed by atoms with van der Waals surface area (Å²) in [5, 5.41) is 3.63. The van der Waals surface area contributed by atoms with Gasteiger partial charge in [0, 0.05) is 42.8 Å². The zero-order chi connectivity index (χ0) is 29.0. The van der Waals surface area contributed by atoms with E-state index in [0.29, 0.717) is 71.5 Å². The van der Waals surface area contributed by atoms with Gasteiger partial charge in [0.2, 0.25) is 10.0 Å². The number of rotatable bonds is 10. The quantitative estimate of drug-likeness (QED) is 0.278. The summed E-state index contributed by atoms with van der Waals surface area (Å²) in [5.41, 5.74) is 1.62. The van der Waals surface area contributed by atoms with E-state index in [4.69, 9.17) is 19.4 Å². The van der Waals surface area contributed by atoms with Gasteiger partial charge in [0.1, 0.15) is 22.9 Å². The zero-order valence-electron chi connectivity index (χ0n) is 22.7. The molecule has 13 heteroatoms. The van der Waals surface area contributed by atoms with Gasteiger partial charge in [-0.3, -0.25) is 9.11 Å². The summed E-state index contributed by atoms with van der Waals surface area (Å²) < 4.78 is 66.5. The monoisotopic (exact) mass is 584 g/mol. The molecule has 2 aromatic heterocycles. The number of sulfonamides is 1. The van der Waals surface area contributed by atoms with Crippen molar-refractivity contribution in [2.45, 2.75) is 6.42 Å². The number of fused-ring (bicyclic) bond motifs is 1. The Balaban J connectivity index is 1.66. The maximum Gasteiger partial charge on any atom is 0.232 e. The predicted molar refractivity (Wildman–Crippen MR) is 155 cm³/mol. The first kappa shape index (κ1) is 28.4. The molecule has 1 saturated heterocycles. The van der Waals surface area contributed by atoms with Crippen molar-refractivity contribution in [3.8, 4) is 28.3 Å². The molecule has 0 saturated carbocycles. The Labute approximate surface area is 236 Å². The van der Waals surface area contributed by atoms with Crippen molar-refractivity contribution in [3.63, 3.8) is 0 Å². The van der Waals surface area contributed by atoms with Crippen molar-refractivity contribution >= 4 is 38.2 Å². The summed E-state index contributed by atoms with van der Waals surface area (Å²) in [6.07, 6.45) is 1.51. The highest BCUT2D eigenvalue weighted by Crippen LogP contribution is 2.39. The average molecular weight is 585 g/mol. The number of hydrogen-bond acceptors (Lipinski definition) is 9. The molecule has 4 aromatic rings. The van der Waals surface area contributed by atoms with Crippen LogP contribution in [-0.4, -0.2) is 76.3 Å². The fourth-order valence-corrected chi connectivity index (χ4v) is 5.70. The van der Waals surface area contributed by atoms with E-state index in [1.807, 2.05) is 12.1 Å². The number of alkyl halides is 1. The Morgan fingerprint density at radius 2 is 1.90 bits per heavy atom. The Morgan fingerprint density at radius 1 is 1.10 bits per heavy atom. The molecule has 1 fully saturated rings. The van der Waals surface area contributed by atoms with Crippen molar-refractivity contribution in [1.29, 1.82) is 0 Å². The number of methoxy groups -OCH3 is 1. The molecular formula is C28H30F2N6O4S. The van der Waals surface area contributed by atoms with Crippen LogP contribution in [0.2, 0.25) is 0 Å². The summed E-state index contributed by atoms with van der Waals surface area (Å²) in [5.74, 6) is 0.972. The van der Waals surface area contributed by atoms with Crippen molar-refractivity contribution in [2.75, 3.05) is 67.8 Å². The first-order valence-corrected chi connectivity index (χ1v) is 14.7. The molecule has 5 rings (SSSR count). The van der Waals surface area contributed by atoms with Crippen LogP contribution in [-0.2, 0) is 14.8 Å². The number of anilines is 3. The maximum absolute atomic E-state index is 15.7. The SMILES string of the molecule is CNc1ccc(-c2nc(N3CCOCC3)c3cc(-c4cccc(NS(=O)(=O)CCCF)c4F)cc(OC)c3n2)cn1. The number of pyridine rings is 1. The third-order valence-electron chi connectivity index (χ3n) is 6.68. The molecule has 41 heavy (non-hydrogen) atoms. The highest BCUT2D eigenvalue weighted by Gasteiger charge is 2.23. The van der Waals surface area contributed by atoms with E-state index in [1.54, 1.807) is 37.5 Å². The molecule has 2 aromatic carbocycles. The largest absolute Gasteiger partial charge is 0.494 e. The minimum atomic E-state index is -3.92. The molecule has 0 bridgehead atoms. The molecule has 0 amide bonds. The Morgan fingerprint density at radius 3 is 2.59 bits per heavy atom. The van der Waals surface area contributed by atoms with Gasteiger partial charge in [-0.1, -0.05) is 12.1 Å².